The summed E-state index contributed by atoms with van der Waals surface area (Å²) in [6.07, 6.45) is 4.02. The van der Waals surface area contributed by atoms with E-state index in [4.69, 9.17) is 4.74 Å². The molecular weight excluding hydrogens is 222 g/mol. The van der Waals surface area contributed by atoms with Crippen LogP contribution in [0.3, 0.4) is 0 Å². The molecule has 18 heavy (non-hydrogen) atoms. The largest absolute Gasteiger partial charge is 0.494 e. The van der Waals surface area contributed by atoms with E-state index in [2.05, 4.69) is 31.3 Å². The van der Waals surface area contributed by atoms with Crippen molar-refractivity contribution in [3.8, 4) is 5.75 Å². The third kappa shape index (κ3) is 3.18. The Kier molecular flexibility index (Phi) is 4.51. The van der Waals surface area contributed by atoms with Crippen LogP contribution in [0.1, 0.15) is 40.0 Å². The molecule has 0 radical (unpaired) electrons. The Morgan fingerprint density at radius 1 is 1.17 bits per heavy atom. The predicted molar refractivity (Wildman–Crippen MR) is 77.2 cm³/mol. The predicted octanol–water partition coefficient (Wildman–Crippen LogP) is 4.32. The summed E-state index contributed by atoms with van der Waals surface area (Å²) in [5.74, 6) is 2.54. The highest BCUT2D eigenvalue weighted by atomic mass is 16.5. The van der Waals surface area contributed by atoms with E-state index in [9.17, 15) is 0 Å². The van der Waals surface area contributed by atoms with Gasteiger partial charge in [0.1, 0.15) is 5.75 Å². The van der Waals surface area contributed by atoms with E-state index in [-0.39, 0.29) is 0 Å². The molecule has 1 aliphatic rings. The number of anilines is 1. The number of rotatable bonds is 4. The molecular formula is C16H25NO. The van der Waals surface area contributed by atoms with Crippen molar-refractivity contribution in [2.45, 2.75) is 46.1 Å². The first kappa shape index (κ1) is 13.3. The van der Waals surface area contributed by atoms with Gasteiger partial charge in [0.25, 0.3) is 0 Å². The molecule has 1 saturated carbocycles. The normalized spacial score (nSPS) is 27.8. The van der Waals surface area contributed by atoms with Crippen LogP contribution >= 0.6 is 0 Å². The molecule has 1 aliphatic carbocycles. The fourth-order valence-electron chi connectivity index (χ4n) is 2.81. The van der Waals surface area contributed by atoms with Gasteiger partial charge in [-0.3, -0.25) is 0 Å². The lowest BCUT2D eigenvalue weighted by atomic mass is 9.78. The minimum absolute atomic E-state index is 0.617. The molecule has 0 saturated heterocycles. The van der Waals surface area contributed by atoms with Crippen molar-refractivity contribution >= 4 is 5.69 Å². The van der Waals surface area contributed by atoms with E-state index in [1.165, 1.54) is 24.9 Å². The zero-order chi connectivity index (χ0) is 13.0. The molecule has 0 amide bonds. The maximum absolute atomic E-state index is 5.46. The molecule has 1 N–H and O–H groups in total. The molecule has 3 atom stereocenters. The molecule has 1 aromatic carbocycles. The zero-order valence-corrected chi connectivity index (χ0v) is 11.8. The Hall–Kier alpha value is -1.18. The summed E-state index contributed by atoms with van der Waals surface area (Å²) >= 11 is 0. The number of benzene rings is 1. The second-order valence-electron chi connectivity index (χ2n) is 5.48. The Morgan fingerprint density at radius 3 is 2.56 bits per heavy atom. The summed E-state index contributed by atoms with van der Waals surface area (Å²) in [5, 5.41) is 3.67. The van der Waals surface area contributed by atoms with Gasteiger partial charge in [-0.15, -0.1) is 0 Å². The Labute approximate surface area is 111 Å². The fraction of sp³-hybridized carbons (Fsp3) is 0.625. The standard InChI is InChI=1S/C16H25NO/c1-4-18-15-10-8-14(9-11-15)17-16-7-5-6-12(2)13(16)3/h8-13,16-17H,4-7H2,1-3H3. The summed E-state index contributed by atoms with van der Waals surface area (Å²) in [7, 11) is 0. The highest BCUT2D eigenvalue weighted by molar-refractivity contribution is 5.47. The molecule has 0 spiro atoms. The van der Waals surface area contributed by atoms with Gasteiger partial charge in [-0.25, -0.2) is 0 Å². The van der Waals surface area contributed by atoms with Gasteiger partial charge in [-0.1, -0.05) is 26.7 Å². The second-order valence-corrected chi connectivity index (χ2v) is 5.48. The van der Waals surface area contributed by atoms with Crippen LogP contribution < -0.4 is 10.1 Å². The van der Waals surface area contributed by atoms with Crippen LogP contribution in [-0.4, -0.2) is 12.6 Å². The number of ether oxygens (including phenoxy) is 1. The van der Waals surface area contributed by atoms with Gasteiger partial charge in [0.05, 0.1) is 6.61 Å². The molecule has 3 unspecified atom stereocenters. The number of nitrogens with one attached hydrogen (secondary N) is 1. The average Bonchev–Trinajstić information content (AvgIpc) is 2.38. The summed E-state index contributed by atoms with van der Waals surface area (Å²) < 4.78 is 5.46. The van der Waals surface area contributed by atoms with Gasteiger partial charge in [0.2, 0.25) is 0 Å². The second kappa shape index (κ2) is 6.12. The maximum Gasteiger partial charge on any atom is 0.119 e. The molecule has 0 aliphatic heterocycles. The summed E-state index contributed by atoms with van der Waals surface area (Å²) in [6.45, 7) is 7.48. The molecule has 2 heteroatoms. The summed E-state index contributed by atoms with van der Waals surface area (Å²) in [4.78, 5) is 0. The van der Waals surface area contributed by atoms with Crippen molar-refractivity contribution in [2.75, 3.05) is 11.9 Å². The highest BCUT2D eigenvalue weighted by Gasteiger charge is 2.26. The third-order valence-corrected chi connectivity index (χ3v) is 4.22. The first-order valence-electron chi connectivity index (χ1n) is 7.20. The van der Waals surface area contributed by atoms with Gasteiger partial charge in [0, 0.05) is 11.7 Å². The van der Waals surface area contributed by atoms with E-state index in [1.807, 2.05) is 19.1 Å². The topological polar surface area (TPSA) is 21.3 Å². The smallest absolute Gasteiger partial charge is 0.119 e. The van der Waals surface area contributed by atoms with E-state index in [1.54, 1.807) is 0 Å². The van der Waals surface area contributed by atoms with Crippen LogP contribution in [0.4, 0.5) is 5.69 Å². The monoisotopic (exact) mass is 247 g/mol. The van der Waals surface area contributed by atoms with Gasteiger partial charge in [-0.2, -0.15) is 0 Å². The summed E-state index contributed by atoms with van der Waals surface area (Å²) in [5.41, 5.74) is 1.21. The van der Waals surface area contributed by atoms with E-state index < -0.39 is 0 Å². The maximum atomic E-state index is 5.46. The summed E-state index contributed by atoms with van der Waals surface area (Å²) in [6, 6.07) is 8.95. The fourth-order valence-corrected chi connectivity index (χ4v) is 2.81. The Bertz CT molecular complexity index is 360. The molecule has 1 fully saturated rings. The van der Waals surface area contributed by atoms with Crippen LogP contribution in [0.2, 0.25) is 0 Å². The molecule has 100 valence electrons. The molecule has 0 aromatic heterocycles. The molecule has 0 bridgehead atoms. The van der Waals surface area contributed by atoms with Crippen LogP contribution in [0, 0.1) is 11.8 Å². The molecule has 2 rings (SSSR count). The number of hydrogen-bond donors (Lipinski definition) is 1. The molecule has 0 heterocycles. The van der Waals surface area contributed by atoms with Crippen molar-refractivity contribution in [3.05, 3.63) is 24.3 Å². The molecule has 1 aromatic rings. The highest BCUT2D eigenvalue weighted by Crippen LogP contribution is 2.31. The van der Waals surface area contributed by atoms with Crippen molar-refractivity contribution in [1.82, 2.24) is 0 Å². The average molecular weight is 247 g/mol. The lowest BCUT2D eigenvalue weighted by Crippen LogP contribution is -2.34. The third-order valence-electron chi connectivity index (χ3n) is 4.22. The lowest BCUT2D eigenvalue weighted by Gasteiger charge is -2.35. The van der Waals surface area contributed by atoms with Gasteiger partial charge in [0.15, 0.2) is 0 Å². The quantitative estimate of drug-likeness (QED) is 0.855. The first-order chi connectivity index (χ1) is 8.70. The minimum atomic E-state index is 0.617. The van der Waals surface area contributed by atoms with E-state index in [0.29, 0.717) is 6.04 Å². The Balaban J connectivity index is 1.96. The van der Waals surface area contributed by atoms with Crippen molar-refractivity contribution in [2.24, 2.45) is 11.8 Å². The van der Waals surface area contributed by atoms with E-state index in [0.717, 1.165) is 24.2 Å². The van der Waals surface area contributed by atoms with Crippen molar-refractivity contribution in [1.29, 1.82) is 0 Å². The van der Waals surface area contributed by atoms with Gasteiger partial charge >= 0.3 is 0 Å². The minimum Gasteiger partial charge on any atom is -0.494 e. The Morgan fingerprint density at radius 2 is 1.89 bits per heavy atom. The van der Waals surface area contributed by atoms with Crippen LogP contribution in [0.15, 0.2) is 24.3 Å². The zero-order valence-electron chi connectivity index (χ0n) is 11.8. The van der Waals surface area contributed by atoms with Gasteiger partial charge in [-0.05, 0) is 49.4 Å². The first-order valence-corrected chi connectivity index (χ1v) is 7.20. The van der Waals surface area contributed by atoms with Gasteiger partial charge < -0.3 is 10.1 Å². The van der Waals surface area contributed by atoms with Crippen molar-refractivity contribution < 1.29 is 4.74 Å². The lowest BCUT2D eigenvalue weighted by molar-refractivity contribution is 0.253. The molecule has 2 nitrogen and oxygen atoms in total. The van der Waals surface area contributed by atoms with Crippen molar-refractivity contribution in [3.63, 3.8) is 0 Å². The van der Waals surface area contributed by atoms with Crippen LogP contribution in [-0.2, 0) is 0 Å². The van der Waals surface area contributed by atoms with Crippen LogP contribution in [0.5, 0.6) is 5.75 Å². The SMILES string of the molecule is CCOc1ccc(NC2CCCC(C)C2C)cc1. The number of hydrogen-bond acceptors (Lipinski definition) is 2. The van der Waals surface area contributed by atoms with E-state index >= 15 is 0 Å². The van der Waals surface area contributed by atoms with Crippen LogP contribution in [0.25, 0.3) is 0 Å².